The van der Waals surface area contributed by atoms with Crippen LogP contribution < -0.4 is 15.4 Å². The average Bonchev–Trinajstić information content (AvgIpc) is 3.34. The molecule has 0 aliphatic carbocycles. The molecule has 4 heterocycles. The molecular formula is C29H32FN5O3S. The molecule has 0 unspecified atom stereocenters. The fourth-order valence-corrected chi connectivity index (χ4v) is 5.44. The summed E-state index contributed by atoms with van der Waals surface area (Å²) >= 11 is 1.50. The van der Waals surface area contributed by atoms with Crippen LogP contribution in [0.5, 0.6) is 11.5 Å². The van der Waals surface area contributed by atoms with Crippen LogP contribution in [0.1, 0.15) is 32.3 Å². The van der Waals surface area contributed by atoms with E-state index in [1.54, 1.807) is 18.3 Å². The van der Waals surface area contributed by atoms with E-state index in [9.17, 15) is 9.18 Å². The Morgan fingerprint density at radius 1 is 1.10 bits per heavy atom. The molecular weight excluding hydrogens is 517 g/mol. The molecule has 0 atom stereocenters. The number of nitrogens with zero attached hydrogens (tertiary/aromatic N) is 3. The van der Waals surface area contributed by atoms with Gasteiger partial charge in [-0.15, -0.1) is 11.3 Å². The first-order valence-corrected chi connectivity index (χ1v) is 14.0. The number of anilines is 1. The molecule has 204 valence electrons. The molecule has 10 heteroatoms. The van der Waals surface area contributed by atoms with E-state index in [4.69, 9.17) is 14.5 Å². The summed E-state index contributed by atoms with van der Waals surface area (Å²) < 4.78 is 26.7. The van der Waals surface area contributed by atoms with Crippen molar-refractivity contribution in [1.82, 2.24) is 20.2 Å². The molecule has 0 saturated carbocycles. The number of pyridine rings is 2. The molecule has 0 radical (unpaired) electrons. The zero-order valence-electron chi connectivity index (χ0n) is 22.1. The molecule has 1 aliphatic heterocycles. The molecule has 1 aromatic carbocycles. The van der Waals surface area contributed by atoms with Crippen LogP contribution in [0.3, 0.4) is 0 Å². The Balaban J connectivity index is 1.29. The van der Waals surface area contributed by atoms with Crippen LogP contribution in [-0.4, -0.2) is 53.2 Å². The van der Waals surface area contributed by atoms with Gasteiger partial charge in [-0.1, -0.05) is 19.9 Å². The number of aromatic nitrogens is 2. The van der Waals surface area contributed by atoms with Crippen LogP contribution in [0.15, 0.2) is 54.9 Å². The molecule has 1 aliphatic rings. The maximum atomic E-state index is 14.9. The number of hydrogen-bond acceptors (Lipinski definition) is 7. The second-order valence-electron chi connectivity index (χ2n) is 9.54. The van der Waals surface area contributed by atoms with Gasteiger partial charge < -0.3 is 20.1 Å². The summed E-state index contributed by atoms with van der Waals surface area (Å²) in [7, 11) is 0. The smallest absolute Gasteiger partial charge is 0.319 e. The van der Waals surface area contributed by atoms with Crippen LogP contribution in [0.25, 0.3) is 20.8 Å². The molecule has 4 aromatic rings. The lowest BCUT2D eigenvalue weighted by Crippen LogP contribution is -2.49. The van der Waals surface area contributed by atoms with E-state index < -0.39 is 11.8 Å². The first-order chi connectivity index (χ1) is 19.0. The van der Waals surface area contributed by atoms with Crippen molar-refractivity contribution in [1.29, 1.82) is 0 Å². The summed E-state index contributed by atoms with van der Waals surface area (Å²) in [6.45, 7) is 8.41. The molecule has 1 fully saturated rings. The molecule has 2 N–H and O–H groups in total. The van der Waals surface area contributed by atoms with Gasteiger partial charge in [0.25, 0.3) is 0 Å². The SMILES string of the molecule is CCCN(CCC)Cc1ccc(-c2cc3nccc(Oc4ccc(NC(=O)NC5COC5)cc4F)c3s2)nc1. The number of nitrogens with one attached hydrogen (secondary N) is 2. The van der Waals surface area contributed by atoms with Crippen molar-refractivity contribution in [2.75, 3.05) is 31.6 Å². The summed E-state index contributed by atoms with van der Waals surface area (Å²) in [5.41, 5.74) is 3.13. The Labute approximate surface area is 231 Å². The van der Waals surface area contributed by atoms with Crippen LogP contribution in [-0.2, 0) is 11.3 Å². The van der Waals surface area contributed by atoms with Gasteiger partial charge in [0.1, 0.15) is 5.75 Å². The maximum Gasteiger partial charge on any atom is 0.319 e. The van der Waals surface area contributed by atoms with Crippen LogP contribution in [0.2, 0.25) is 0 Å². The normalized spacial score (nSPS) is 13.4. The number of urea groups is 1. The van der Waals surface area contributed by atoms with Crippen molar-refractivity contribution in [3.05, 3.63) is 66.2 Å². The van der Waals surface area contributed by atoms with E-state index in [-0.39, 0.29) is 11.8 Å². The second-order valence-corrected chi connectivity index (χ2v) is 10.6. The predicted molar refractivity (Wildman–Crippen MR) is 152 cm³/mol. The van der Waals surface area contributed by atoms with Crippen molar-refractivity contribution in [2.45, 2.75) is 39.3 Å². The fraction of sp³-hybridized carbons (Fsp3) is 0.345. The summed E-state index contributed by atoms with van der Waals surface area (Å²) in [5.74, 6) is -0.0223. The van der Waals surface area contributed by atoms with Crippen LogP contribution >= 0.6 is 11.3 Å². The van der Waals surface area contributed by atoms with Crippen molar-refractivity contribution in [3.8, 4) is 22.1 Å². The van der Waals surface area contributed by atoms with Gasteiger partial charge in [-0.05, 0) is 55.8 Å². The maximum absolute atomic E-state index is 14.9. The van der Waals surface area contributed by atoms with Gasteiger partial charge in [-0.3, -0.25) is 14.9 Å². The number of rotatable bonds is 11. The summed E-state index contributed by atoms with van der Waals surface area (Å²) in [6, 6.07) is 11.8. The number of thiophene rings is 1. The van der Waals surface area contributed by atoms with E-state index in [1.807, 2.05) is 18.3 Å². The summed E-state index contributed by atoms with van der Waals surface area (Å²) in [4.78, 5) is 24.6. The molecule has 1 saturated heterocycles. The second kappa shape index (κ2) is 12.5. The number of halogens is 1. The number of amides is 2. The average molecular weight is 550 g/mol. The highest BCUT2D eigenvalue weighted by Gasteiger charge is 2.20. The highest BCUT2D eigenvalue weighted by atomic mass is 32.1. The van der Waals surface area contributed by atoms with Gasteiger partial charge in [-0.25, -0.2) is 9.18 Å². The van der Waals surface area contributed by atoms with Gasteiger partial charge >= 0.3 is 6.03 Å². The van der Waals surface area contributed by atoms with E-state index in [1.165, 1.54) is 29.0 Å². The van der Waals surface area contributed by atoms with Crippen molar-refractivity contribution < 1.29 is 18.7 Å². The standard InChI is InChI=1S/C29H32FN5O3S/c1-3-11-35(12-4-2)16-19-5-7-23(32-15-19)27-14-24-28(39-27)26(9-10-31-24)38-25-8-6-20(13-22(25)30)33-29(36)34-21-17-37-18-21/h5-10,13-15,21H,3-4,11-12,16-18H2,1-2H3,(H2,33,34,36). The van der Waals surface area contributed by atoms with Crippen molar-refractivity contribution in [3.63, 3.8) is 0 Å². The van der Waals surface area contributed by atoms with Crippen molar-refractivity contribution >= 4 is 33.3 Å². The molecule has 5 rings (SSSR count). The first kappa shape index (κ1) is 27.0. The lowest BCUT2D eigenvalue weighted by Gasteiger charge is -2.26. The number of benzene rings is 1. The van der Waals surface area contributed by atoms with E-state index in [2.05, 4.69) is 40.4 Å². The van der Waals surface area contributed by atoms with Gasteiger partial charge in [0.05, 0.1) is 40.0 Å². The van der Waals surface area contributed by atoms with Gasteiger partial charge in [0, 0.05) is 36.8 Å². The predicted octanol–water partition coefficient (Wildman–Crippen LogP) is 6.43. The molecule has 3 aromatic heterocycles. The molecule has 2 amide bonds. The zero-order chi connectivity index (χ0) is 27.2. The van der Waals surface area contributed by atoms with Crippen LogP contribution in [0, 0.1) is 5.82 Å². The Kier molecular flexibility index (Phi) is 8.65. The highest BCUT2D eigenvalue weighted by Crippen LogP contribution is 2.39. The van der Waals surface area contributed by atoms with E-state index in [0.29, 0.717) is 24.7 Å². The monoisotopic (exact) mass is 549 g/mol. The number of carbonyl (C=O) groups excluding carboxylic acids is 1. The molecule has 39 heavy (non-hydrogen) atoms. The Morgan fingerprint density at radius 3 is 2.59 bits per heavy atom. The Bertz CT molecular complexity index is 1420. The minimum atomic E-state index is -0.584. The Morgan fingerprint density at radius 2 is 1.92 bits per heavy atom. The largest absolute Gasteiger partial charge is 0.453 e. The highest BCUT2D eigenvalue weighted by molar-refractivity contribution is 7.22. The fourth-order valence-electron chi connectivity index (χ4n) is 4.40. The van der Waals surface area contributed by atoms with E-state index in [0.717, 1.165) is 53.3 Å². The third-order valence-electron chi connectivity index (χ3n) is 6.32. The minimum absolute atomic E-state index is 0.0164. The van der Waals surface area contributed by atoms with E-state index >= 15 is 0 Å². The van der Waals surface area contributed by atoms with Crippen molar-refractivity contribution in [2.24, 2.45) is 0 Å². The van der Waals surface area contributed by atoms with Gasteiger partial charge in [0.15, 0.2) is 11.6 Å². The lowest BCUT2D eigenvalue weighted by atomic mass is 10.2. The quantitative estimate of drug-likeness (QED) is 0.224. The summed E-state index contributed by atoms with van der Waals surface area (Å²) in [6.07, 6.45) is 5.84. The third kappa shape index (κ3) is 6.70. The number of hydrogen-bond donors (Lipinski definition) is 2. The molecule has 0 spiro atoms. The summed E-state index contributed by atoms with van der Waals surface area (Å²) in [5, 5.41) is 5.39. The van der Waals surface area contributed by atoms with Gasteiger partial charge in [-0.2, -0.15) is 0 Å². The molecule has 8 nitrogen and oxygen atoms in total. The lowest BCUT2D eigenvalue weighted by molar-refractivity contribution is 0.000734. The Hall–Kier alpha value is -3.60. The molecule has 0 bridgehead atoms. The topological polar surface area (TPSA) is 88.6 Å². The zero-order valence-corrected chi connectivity index (χ0v) is 22.9. The minimum Gasteiger partial charge on any atom is -0.453 e. The third-order valence-corrected chi connectivity index (χ3v) is 7.48. The number of fused-ring (bicyclic) bond motifs is 1. The van der Waals surface area contributed by atoms with Crippen LogP contribution in [0.4, 0.5) is 14.9 Å². The van der Waals surface area contributed by atoms with Gasteiger partial charge in [0.2, 0.25) is 0 Å². The first-order valence-electron chi connectivity index (χ1n) is 13.2. The number of ether oxygens (including phenoxy) is 2. The number of carbonyl (C=O) groups is 1.